The zero-order valence-corrected chi connectivity index (χ0v) is 18.0. The van der Waals surface area contributed by atoms with Gasteiger partial charge in [-0.1, -0.05) is 5.21 Å². The predicted molar refractivity (Wildman–Crippen MR) is 113 cm³/mol. The summed E-state index contributed by atoms with van der Waals surface area (Å²) in [6.07, 6.45) is 6.19. The van der Waals surface area contributed by atoms with Gasteiger partial charge >= 0.3 is 0 Å². The highest BCUT2D eigenvalue weighted by Gasteiger charge is 2.32. The molecule has 3 heterocycles. The maximum atomic E-state index is 13.5. The number of nitrogens with zero attached hydrogens (tertiary/aromatic N) is 7. The second-order valence-electron chi connectivity index (χ2n) is 7.16. The average Bonchev–Trinajstić information content (AvgIpc) is 3.16. The highest BCUT2D eigenvalue weighted by atomic mass is 79.9. The standard InChI is InChI=1S/C20H21BrFN7O/c1-27-18(14-6-8-15(22)9-7-14)17(25-26-27)19(30)28-12-3-2-5-16(28)13-29(21)20-23-10-4-11-24-20/h4,6-11,16H,2-3,5,12-13H2,1H3/t16-/m0/s1. The number of aromatic nitrogens is 5. The first kappa shape index (κ1) is 20.4. The summed E-state index contributed by atoms with van der Waals surface area (Å²) in [5.41, 5.74) is 1.54. The lowest BCUT2D eigenvalue weighted by atomic mass is 10.0. The van der Waals surface area contributed by atoms with Gasteiger partial charge in [-0.2, -0.15) is 0 Å². The van der Waals surface area contributed by atoms with Crippen molar-refractivity contribution < 1.29 is 9.18 Å². The van der Waals surface area contributed by atoms with Crippen LogP contribution in [0.2, 0.25) is 0 Å². The molecule has 0 bridgehead atoms. The molecule has 1 aliphatic heterocycles. The molecule has 1 atom stereocenters. The van der Waals surface area contributed by atoms with Crippen molar-refractivity contribution in [2.24, 2.45) is 7.05 Å². The maximum Gasteiger partial charge on any atom is 0.277 e. The molecular formula is C20H21BrFN7O. The monoisotopic (exact) mass is 473 g/mol. The van der Waals surface area contributed by atoms with Crippen LogP contribution in [0.25, 0.3) is 11.3 Å². The summed E-state index contributed by atoms with van der Waals surface area (Å²) in [7, 11) is 1.73. The number of hydrogen-bond donors (Lipinski definition) is 0. The van der Waals surface area contributed by atoms with Crippen molar-refractivity contribution >= 4 is 28.0 Å². The summed E-state index contributed by atoms with van der Waals surface area (Å²) in [6, 6.07) is 7.71. The topological polar surface area (TPSA) is 80.0 Å². The number of halogens is 2. The van der Waals surface area contributed by atoms with Gasteiger partial charge < -0.3 is 4.90 Å². The number of piperidine rings is 1. The molecule has 0 saturated carbocycles. The van der Waals surface area contributed by atoms with E-state index in [2.05, 4.69) is 36.4 Å². The fourth-order valence-electron chi connectivity index (χ4n) is 3.71. The molecule has 0 aliphatic carbocycles. The molecule has 1 saturated heterocycles. The van der Waals surface area contributed by atoms with Gasteiger partial charge in [-0.15, -0.1) is 5.10 Å². The third kappa shape index (κ3) is 4.18. The molecule has 0 radical (unpaired) electrons. The van der Waals surface area contributed by atoms with Gasteiger partial charge in [0.15, 0.2) is 5.69 Å². The Morgan fingerprint density at radius 2 is 1.97 bits per heavy atom. The zero-order valence-electron chi connectivity index (χ0n) is 16.4. The lowest BCUT2D eigenvalue weighted by molar-refractivity contribution is 0.0620. The van der Waals surface area contributed by atoms with E-state index in [0.717, 1.165) is 19.3 Å². The van der Waals surface area contributed by atoms with Gasteiger partial charge in [0.1, 0.15) is 11.5 Å². The summed E-state index contributed by atoms with van der Waals surface area (Å²) in [6.45, 7) is 1.18. The highest BCUT2D eigenvalue weighted by molar-refractivity contribution is 9.10. The Morgan fingerprint density at radius 3 is 2.70 bits per heavy atom. The van der Waals surface area contributed by atoms with Crippen LogP contribution in [0, 0.1) is 5.82 Å². The first-order chi connectivity index (χ1) is 14.5. The van der Waals surface area contributed by atoms with Crippen molar-refractivity contribution in [1.29, 1.82) is 0 Å². The Balaban J connectivity index is 1.59. The molecule has 4 rings (SSSR count). The number of benzene rings is 1. The number of anilines is 1. The van der Waals surface area contributed by atoms with Crippen LogP contribution in [0.3, 0.4) is 0 Å². The van der Waals surface area contributed by atoms with Crippen molar-refractivity contribution in [2.75, 3.05) is 17.0 Å². The van der Waals surface area contributed by atoms with E-state index in [0.29, 0.717) is 30.3 Å². The summed E-state index contributed by atoms with van der Waals surface area (Å²) < 4.78 is 16.7. The summed E-state index contributed by atoms with van der Waals surface area (Å²) in [5.74, 6) is 0.0300. The van der Waals surface area contributed by atoms with Crippen LogP contribution in [-0.2, 0) is 7.05 Å². The van der Waals surface area contributed by atoms with Crippen LogP contribution in [-0.4, -0.2) is 54.9 Å². The van der Waals surface area contributed by atoms with Gasteiger partial charge in [0, 0.05) is 31.5 Å². The SMILES string of the molecule is Cn1nnc(C(=O)N2CCCC[C@H]2CN(Br)c2ncccn2)c1-c1ccc(F)cc1. The Kier molecular flexibility index (Phi) is 6.03. The molecule has 156 valence electrons. The number of rotatable bonds is 5. The van der Waals surface area contributed by atoms with Crippen molar-refractivity contribution in [3.8, 4) is 11.3 Å². The highest BCUT2D eigenvalue weighted by Crippen LogP contribution is 2.27. The van der Waals surface area contributed by atoms with Crippen LogP contribution in [0.4, 0.5) is 10.3 Å². The predicted octanol–water partition coefficient (Wildman–Crippen LogP) is 3.22. The minimum Gasteiger partial charge on any atom is -0.332 e. The van der Waals surface area contributed by atoms with Crippen LogP contribution in [0.1, 0.15) is 29.8 Å². The van der Waals surface area contributed by atoms with Crippen molar-refractivity contribution in [2.45, 2.75) is 25.3 Å². The molecule has 1 aromatic carbocycles. The van der Waals surface area contributed by atoms with E-state index in [1.54, 1.807) is 46.2 Å². The quantitative estimate of drug-likeness (QED) is 0.529. The van der Waals surface area contributed by atoms with E-state index in [-0.39, 0.29) is 23.5 Å². The molecule has 1 fully saturated rings. The number of hydrogen-bond acceptors (Lipinski definition) is 6. The summed E-state index contributed by atoms with van der Waals surface area (Å²) >= 11 is 3.52. The zero-order chi connectivity index (χ0) is 21.1. The molecule has 2 aromatic heterocycles. The Labute approximate surface area is 182 Å². The maximum absolute atomic E-state index is 13.5. The number of likely N-dealkylation sites (tertiary alicyclic amines) is 1. The lowest BCUT2D eigenvalue weighted by Crippen LogP contribution is -2.48. The Bertz CT molecular complexity index is 1010. The largest absolute Gasteiger partial charge is 0.332 e. The molecular weight excluding hydrogens is 453 g/mol. The van der Waals surface area contributed by atoms with E-state index in [1.165, 1.54) is 12.1 Å². The molecule has 8 nitrogen and oxygen atoms in total. The lowest BCUT2D eigenvalue weighted by Gasteiger charge is -2.37. The van der Waals surface area contributed by atoms with Crippen molar-refractivity contribution in [3.05, 3.63) is 54.2 Å². The van der Waals surface area contributed by atoms with E-state index < -0.39 is 0 Å². The van der Waals surface area contributed by atoms with Crippen LogP contribution in [0.15, 0.2) is 42.7 Å². The molecule has 10 heteroatoms. The molecule has 0 unspecified atom stereocenters. The van der Waals surface area contributed by atoms with Gasteiger partial charge in [-0.25, -0.2) is 19.0 Å². The van der Waals surface area contributed by atoms with E-state index in [9.17, 15) is 9.18 Å². The average molecular weight is 474 g/mol. The Hall–Kier alpha value is -2.88. The third-order valence-electron chi connectivity index (χ3n) is 5.18. The fourth-order valence-corrected chi connectivity index (χ4v) is 4.23. The second-order valence-corrected chi connectivity index (χ2v) is 8.02. The van der Waals surface area contributed by atoms with Gasteiger partial charge in [0.2, 0.25) is 5.95 Å². The summed E-state index contributed by atoms with van der Waals surface area (Å²) in [4.78, 5) is 23.8. The minimum atomic E-state index is -0.335. The van der Waals surface area contributed by atoms with Gasteiger partial charge in [0.25, 0.3) is 5.91 Å². The van der Waals surface area contributed by atoms with Crippen LogP contribution in [0.5, 0.6) is 0 Å². The number of aryl methyl sites for hydroxylation is 1. The first-order valence-corrected chi connectivity index (χ1v) is 10.4. The Morgan fingerprint density at radius 1 is 1.23 bits per heavy atom. The van der Waals surface area contributed by atoms with Crippen LogP contribution < -0.4 is 3.93 Å². The number of carbonyl (C=O) groups excluding carboxylic acids is 1. The van der Waals surface area contributed by atoms with Gasteiger partial charge in [-0.05, 0) is 49.6 Å². The third-order valence-corrected chi connectivity index (χ3v) is 5.78. The molecule has 30 heavy (non-hydrogen) atoms. The summed E-state index contributed by atoms with van der Waals surface area (Å²) in [5, 5.41) is 8.19. The first-order valence-electron chi connectivity index (χ1n) is 9.71. The van der Waals surface area contributed by atoms with Crippen LogP contribution >= 0.6 is 16.1 Å². The van der Waals surface area contributed by atoms with E-state index in [4.69, 9.17) is 0 Å². The second kappa shape index (κ2) is 8.86. The molecule has 1 aliphatic rings. The van der Waals surface area contributed by atoms with Gasteiger partial charge in [-0.3, -0.25) is 8.72 Å². The van der Waals surface area contributed by atoms with Gasteiger partial charge in [0.05, 0.1) is 28.7 Å². The normalized spacial score (nSPS) is 16.5. The van der Waals surface area contributed by atoms with E-state index >= 15 is 0 Å². The molecule has 1 amide bonds. The fraction of sp³-hybridized carbons (Fsp3) is 0.350. The van der Waals surface area contributed by atoms with Crippen molar-refractivity contribution in [1.82, 2.24) is 29.9 Å². The van der Waals surface area contributed by atoms with Crippen molar-refractivity contribution in [3.63, 3.8) is 0 Å². The molecule has 3 aromatic rings. The van der Waals surface area contributed by atoms with E-state index in [1.807, 2.05) is 4.90 Å². The molecule has 0 spiro atoms. The molecule has 0 N–H and O–H groups in total. The number of amides is 1. The minimum absolute atomic E-state index is 0.0301. The smallest absolute Gasteiger partial charge is 0.277 e. The number of carbonyl (C=O) groups is 1.